The molecule has 0 aliphatic carbocycles. The Morgan fingerprint density at radius 1 is 1.45 bits per heavy atom. The summed E-state index contributed by atoms with van der Waals surface area (Å²) in [5, 5.41) is 0. The van der Waals surface area contributed by atoms with Gasteiger partial charge >= 0.3 is 0 Å². The largest absolute Gasteiger partial charge is 0.493 e. The van der Waals surface area contributed by atoms with Gasteiger partial charge in [-0.25, -0.2) is 0 Å². The summed E-state index contributed by atoms with van der Waals surface area (Å²) < 4.78 is 10.8. The molecular formula is C17H24N2O3. The highest BCUT2D eigenvalue weighted by atomic mass is 16.5. The SMILES string of the molecule is C=CCc1cc(C(=O)N2CCCC2CN)cc(OC)c1OC. The Balaban J connectivity index is 2.39. The van der Waals surface area contributed by atoms with E-state index in [1.165, 1.54) is 0 Å². The molecule has 1 aliphatic heterocycles. The number of likely N-dealkylation sites (tertiary alicyclic amines) is 1. The van der Waals surface area contributed by atoms with Crippen molar-refractivity contribution in [2.45, 2.75) is 25.3 Å². The van der Waals surface area contributed by atoms with Crippen molar-refractivity contribution < 1.29 is 14.3 Å². The Morgan fingerprint density at radius 2 is 2.23 bits per heavy atom. The first-order chi connectivity index (χ1) is 10.7. The molecule has 1 aromatic carbocycles. The highest BCUT2D eigenvalue weighted by Crippen LogP contribution is 2.34. The zero-order chi connectivity index (χ0) is 16.1. The van der Waals surface area contributed by atoms with Gasteiger partial charge in [-0.1, -0.05) is 6.08 Å². The molecule has 22 heavy (non-hydrogen) atoms. The standard InChI is InChI=1S/C17H24N2O3/c1-4-6-12-9-13(10-15(21-2)16(12)22-3)17(20)19-8-5-7-14(19)11-18/h4,9-10,14H,1,5-8,11,18H2,2-3H3. The third kappa shape index (κ3) is 3.09. The second kappa shape index (κ2) is 7.31. The summed E-state index contributed by atoms with van der Waals surface area (Å²) >= 11 is 0. The van der Waals surface area contributed by atoms with Gasteiger partial charge in [-0.05, 0) is 31.4 Å². The van der Waals surface area contributed by atoms with Crippen molar-refractivity contribution in [1.29, 1.82) is 0 Å². The van der Waals surface area contributed by atoms with Gasteiger partial charge in [0.25, 0.3) is 5.91 Å². The molecule has 0 saturated carbocycles. The van der Waals surface area contributed by atoms with Crippen LogP contribution in [0.3, 0.4) is 0 Å². The summed E-state index contributed by atoms with van der Waals surface area (Å²) in [5.41, 5.74) is 7.27. The lowest BCUT2D eigenvalue weighted by Gasteiger charge is -2.24. The average Bonchev–Trinajstić information content (AvgIpc) is 3.02. The predicted octanol–water partition coefficient (Wildman–Crippen LogP) is 2.00. The summed E-state index contributed by atoms with van der Waals surface area (Å²) in [4.78, 5) is 14.6. The van der Waals surface area contributed by atoms with E-state index in [0.29, 0.717) is 30.0 Å². The number of ether oxygens (including phenoxy) is 2. The number of methoxy groups -OCH3 is 2. The van der Waals surface area contributed by atoms with Gasteiger partial charge in [-0.3, -0.25) is 4.79 Å². The first-order valence-electron chi connectivity index (χ1n) is 7.53. The molecule has 0 radical (unpaired) electrons. The number of benzene rings is 1. The number of rotatable bonds is 6. The lowest BCUT2D eigenvalue weighted by molar-refractivity contribution is 0.0740. The van der Waals surface area contributed by atoms with E-state index >= 15 is 0 Å². The quantitative estimate of drug-likeness (QED) is 0.816. The Labute approximate surface area is 131 Å². The smallest absolute Gasteiger partial charge is 0.254 e. The minimum atomic E-state index is -0.000727. The van der Waals surface area contributed by atoms with Crippen LogP contribution in [0.4, 0.5) is 0 Å². The Morgan fingerprint density at radius 3 is 2.82 bits per heavy atom. The van der Waals surface area contributed by atoms with Gasteiger partial charge in [0, 0.05) is 30.3 Å². The fourth-order valence-corrected chi connectivity index (χ4v) is 2.99. The van der Waals surface area contributed by atoms with Crippen molar-refractivity contribution in [3.05, 3.63) is 35.9 Å². The molecule has 2 rings (SSSR count). The number of hydrogen-bond acceptors (Lipinski definition) is 4. The van der Waals surface area contributed by atoms with E-state index in [1.807, 2.05) is 11.0 Å². The van der Waals surface area contributed by atoms with E-state index < -0.39 is 0 Å². The maximum absolute atomic E-state index is 12.8. The first-order valence-corrected chi connectivity index (χ1v) is 7.53. The van der Waals surface area contributed by atoms with Crippen LogP contribution in [0, 0.1) is 0 Å². The monoisotopic (exact) mass is 304 g/mol. The molecule has 0 spiro atoms. The number of amides is 1. The van der Waals surface area contributed by atoms with E-state index in [4.69, 9.17) is 15.2 Å². The number of carbonyl (C=O) groups is 1. The molecule has 5 heteroatoms. The van der Waals surface area contributed by atoms with Crippen LogP contribution in [0.1, 0.15) is 28.8 Å². The molecule has 1 aliphatic rings. The third-order valence-corrected chi connectivity index (χ3v) is 4.08. The molecule has 1 heterocycles. The zero-order valence-corrected chi connectivity index (χ0v) is 13.3. The normalized spacial score (nSPS) is 17.4. The molecular weight excluding hydrogens is 280 g/mol. The lowest BCUT2D eigenvalue weighted by atomic mass is 10.0. The molecule has 1 saturated heterocycles. The third-order valence-electron chi connectivity index (χ3n) is 4.08. The molecule has 5 nitrogen and oxygen atoms in total. The molecule has 1 unspecified atom stereocenters. The van der Waals surface area contributed by atoms with E-state index in [9.17, 15) is 4.79 Å². The number of nitrogens with zero attached hydrogens (tertiary/aromatic N) is 1. The lowest BCUT2D eigenvalue weighted by Crippen LogP contribution is -2.39. The van der Waals surface area contributed by atoms with Gasteiger partial charge in [0.2, 0.25) is 0 Å². The Bertz CT molecular complexity index is 557. The number of nitrogens with two attached hydrogens (primary N) is 1. The molecule has 1 amide bonds. The predicted molar refractivity (Wildman–Crippen MR) is 86.6 cm³/mol. The Kier molecular flexibility index (Phi) is 5.44. The summed E-state index contributed by atoms with van der Waals surface area (Å²) in [6, 6.07) is 3.72. The Hall–Kier alpha value is -2.01. The van der Waals surface area contributed by atoms with Crippen LogP contribution in [0.2, 0.25) is 0 Å². The number of hydrogen-bond donors (Lipinski definition) is 1. The fourth-order valence-electron chi connectivity index (χ4n) is 2.99. The maximum atomic E-state index is 12.8. The van der Waals surface area contributed by atoms with Crippen molar-refractivity contribution in [2.24, 2.45) is 5.73 Å². The molecule has 2 N–H and O–H groups in total. The first kappa shape index (κ1) is 16.4. The van der Waals surface area contributed by atoms with Gasteiger partial charge in [0.1, 0.15) is 0 Å². The maximum Gasteiger partial charge on any atom is 0.254 e. The molecule has 1 fully saturated rings. The van der Waals surface area contributed by atoms with Crippen LogP contribution < -0.4 is 15.2 Å². The number of allylic oxidation sites excluding steroid dienone is 1. The second-order valence-electron chi connectivity index (χ2n) is 5.39. The van der Waals surface area contributed by atoms with Gasteiger partial charge in [-0.2, -0.15) is 0 Å². The summed E-state index contributed by atoms with van der Waals surface area (Å²) in [6.45, 7) is 5.01. The van der Waals surface area contributed by atoms with E-state index in [-0.39, 0.29) is 11.9 Å². The molecule has 0 bridgehead atoms. The summed E-state index contributed by atoms with van der Waals surface area (Å²) in [5.74, 6) is 1.21. The van der Waals surface area contributed by atoms with Crippen molar-refractivity contribution in [2.75, 3.05) is 27.3 Å². The topological polar surface area (TPSA) is 64.8 Å². The average molecular weight is 304 g/mol. The zero-order valence-electron chi connectivity index (χ0n) is 13.3. The van der Waals surface area contributed by atoms with E-state index in [0.717, 1.165) is 24.9 Å². The highest BCUT2D eigenvalue weighted by molar-refractivity contribution is 5.95. The van der Waals surface area contributed by atoms with Gasteiger partial charge in [-0.15, -0.1) is 6.58 Å². The van der Waals surface area contributed by atoms with Crippen LogP contribution in [-0.4, -0.2) is 44.2 Å². The van der Waals surface area contributed by atoms with Crippen molar-refractivity contribution in [1.82, 2.24) is 4.90 Å². The van der Waals surface area contributed by atoms with Crippen molar-refractivity contribution in [3.63, 3.8) is 0 Å². The number of carbonyl (C=O) groups excluding carboxylic acids is 1. The molecule has 0 aromatic heterocycles. The molecule has 1 atom stereocenters. The highest BCUT2D eigenvalue weighted by Gasteiger charge is 2.29. The second-order valence-corrected chi connectivity index (χ2v) is 5.39. The van der Waals surface area contributed by atoms with Crippen molar-refractivity contribution in [3.8, 4) is 11.5 Å². The van der Waals surface area contributed by atoms with Gasteiger partial charge < -0.3 is 20.1 Å². The van der Waals surface area contributed by atoms with Crippen molar-refractivity contribution >= 4 is 5.91 Å². The summed E-state index contributed by atoms with van der Waals surface area (Å²) in [6.07, 6.45) is 4.36. The van der Waals surface area contributed by atoms with E-state index in [2.05, 4.69) is 6.58 Å². The molecule has 120 valence electrons. The van der Waals surface area contributed by atoms with Gasteiger partial charge in [0.15, 0.2) is 11.5 Å². The van der Waals surface area contributed by atoms with Crippen LogP contribution in [0.15, 0.2) is 24.8 Å². The fraction of sp³-hybridized carbons (Fsp3) is 0.471. The van der Waals surface area contributed by atoms with Crippen LogP contribution in [0.5, 0.6) is 11.5 Å². The minimum absolute atomic E-state index is 0.000727. The molecule has 1 aromatic rings. The summed E-state index contributed by atoms with van der Waals surface area (Å²) in [7, 11) is 3.17. The minimum Gasteiger partial charge on any atom is -0.493 e. The van der Waals surface area contributed by atoms with Gasteiger partial charge in [0.05, 0.1) is 14.2 Å². The van der Waals surface area contributed by atoms with Crippen LogP contribution >= 0.6 is 0 Å². The van der Waals surface area contributed by atoms with Crippen LogP contribution in [-0.2, 0) is 6.42 Å². The van der Waals surface area contributed by atoms with E-state index in [1.54, 1.807) is 26.4 Å². The van der Waals surface area contributed by atoms with Crippen LogP contribution in [0.25, 0.3) is 0 Å².